The summed E-state index contributed by atoms with van der Waals surface area (Å²) in [5, 5.41) is 17.6. The van der Waals surface area contributed by atoms with Crippen LogP contribution in [0.1, 0.15) is 52.0 Å². The van der Waals surface area contributed by atoms with Gasteiger partial charge in [0.1, 0.15) is 12.4 Å². The third kappa shape index (κ3) is 5.52. The number of methoxy groups -OCH3 is 2. The highest BCUT2D eigenvalue weighted by molar-refractivity contribution is 5.79. The zero-order chi connectivity index (χ0) is 24.2. The molecule has 2 saturated carbocycles. The molecule has 2 aliphatic carbocycles. The summed E-state index contributed by atoms with van der Waals surface area (Å²) in [5.41, 5.74) is 0.943. The second-order valence-electron chi connectivity index (χ2n) is 10.2. The first-order valence-corrected chi connectivity index (χ1v) is 12.1. The molecule has 33 heavy (non-hydrogen) atoms. The van der Waals surface area contributed by atoms with Crippen molar-refractivity contribution < 1.29 is 24.2 Å². The van der Waals surface area contributed by atoms with E-state index in [2.05, 4.69) is 24.5 Å². The van der Waals surface area contributed by atoms with Gasteiger partial charge in [0, 0.05) is 31.2 Å². The van der Waals surface area contributed by atoms with Gasteiger partial charge in [0.25, 0.3) is 0 Å². The molecule has 0 aromatic heterocycles. The van der Waals surface area contributed by atoms with Crippen LogP contribution in [0.2, 0.25) is 0 Å². The van der Waals surface area contributed by atoms with Crippen molar-refractivity contribution in [3.8, 4) is 5.75 Å². The second-order valence-corrected chi connectivity index (χ2v) is 10.2. The zero-order valence-corrected chi connectivity index (χ0v) is 20.6. The smallest absolute Gasteiger partial charge is 0.246 e. The fraction of sp³-hybridized carbons (Fsp3) is 0.692. The van der Waals surface area contributed by atoms with E-state index in [1.807, 2.05) is 31.2 Å². The van der Waals surface area contributed by atoms with Crippen molar-refractivity contribution in [2.45, 2.75) is 65.1 Å². The van der Waals surface area contributed by atoms with Crippen molar-refractivity contribution in [3.63, 3.8) is 0 Å². The number of nitrogens with one attached hydrogen (secondary N) is 2. The van der Waals surface area contributed by atoms with Gasteiger partial charge in [0.2, 0.25) is 11.8 Å². The summed E-state index contributed by atoms with van der Waals surface area (Å²) < 4.78 is 10.3. The van der Waals surface area contributed by atoms with Crippen molar-refractivity contribution in [1.82, 2.24) is 10.6 Å². The van der Waals surface area contributed by atoms with Crippen molar-refractivity contribution in [2.75, 3.05) is 20.8 Å². The minimum absolute atomic E-state index is 0.00815. The molecule has 0 heterocycles. The number of benzene rings is 1. The summed E-state index contributed by atoms with van der Waals surface area (Å²) in [4.78, 5) is 25.1. The van der Waals surface area contributed by atoms with Crippen LogP contribution < -0.4 is 15.4 Å². The first-order valence-electron chi connectivity index (χ1n) is 12.1. The molecule has 3 rings (SSSR count). The van der Waals surface area contributed by atoms with Crippen LogP contribution in [0.25, 0.3) is 0 Å². The molecule has 7 nitrogen and oxygen atoms in total. The van der Waals surface area contributed by atoms with Gasteiger partial charge in [-0.1, -0.05) is 39.0 Å². The van der Waals surface area contributed by atoms with Crippen LogP contribution in [0, 0.1) is 29.1 Å². The summed E-state index contributed by atoms with van der Waals surface area (Å²) in [7, 11) is 3.13. The van der Waals surface area contributed by atoms with Crippen molar-refractivity contribution in [2.24, 2.45) is 29.1 Å². The van der Waals surface area contributed by atoms with Gasteiger partial charge in [-0.05, 0) is 54.9 Å². The van der Waals surface area contributed by atoms with Gasteiger partial charge in [-0.3, -0.25) is 9.59 Å². The highest BCUT2D eigenvalue weighted by Crippen LogP contribution is 2.55. The SMILES string of the molecule is COCC(=O)N[C@H]1CC[C@]2(C)CCC([C@H](C)C(=O)NCc3ccccc3OC)[C@H](O)[C@H]2[C@@H]1C. The molecule has 2 aliphatic rings. The fourth-order valence-electron chi connectivity index (χ4n) is 6.26. The maximum absolute atomic E-state index is 13.0. The van der Waals surface area contributed by atoms with E-state index in [1.165, 1.54) is 7.11 Å². The number of carbonyl (C=O) groups is 2. The van der Waals surface area contributed by atoms with Crippen molar-refractivity contribution >= 4 is 11.8 Å². The standard InChI is InChI=1S/C26H40N2O5/c1-16(25(31)27-14-18-8-6-7-9-21(18)33-5)19-10-12-26(3)13-11-20(28-22(29)15-32-4)17(2)23(26)24(19)30/h6-9,16-17,19-20,23-24,30H,10-15H2,1-5H3,(H,27,31)(H,28,29)/t16-,17+,19?,20-,23+,24-,26-/m0/s1. The van der Waals surface area contributed by atoms with Crippen LogP contribution in [0.4, 0.5) is 0 Å². The highest BCUT2D eigenvalue weighted by Gasteiger charge is 2.53. The van der Waals surface area contributed by atoms with Gasteiger partial charge in [0.15, 0.2) is 0 Å². The lowest BCUT2D eigenvalue weighted by atomic mass is 9.51. The lowest BCUT2D eigenvalue weighted by Crippen LogP contribution is -2.58. The number of ether oxygens (including phenoxy) is 2. The average Bonchev–Trinajstić information content (AvgIpc) is 2.79. The predicted octanol–water partition coefficient (Wildman–Crippen LogP) is 2.90. The number of rotatable bonds is 8. The Morgan fingerprint density at radius 1 is 1.21 bits per heavy atom. The molecule has 1 aromatic carbocycles. The molecule has 1 aromatic rings. The van der Waals surface area contributed by atoms with Gasteiger partial charge in [-0.25, -0.2) is 0 Å². The largest absolute Gasteiger partial charge is 0.496 e. The van der Waals surface area contributed by atoms with Crippen LogP contribution in [0.5, 0.6) is 5.75 Å². The van der Waals surface area contributed by atoms with E-state index >= 15 is 0 Å². The van der Waals surface area contributed by atoms with Gasteiger partial charge >= 0.3 is 0 Å². The molecule has 2 fully saturated rings. The van der Waals surface area contributed by atoms with Gasteiger partial charge in [-0.2, -0.15) is 0 Å². The molecule has 3 N–H and O–H groups in total. The average molecular weight is 461 g/mol. The number of carbonyl (C=O) groups excluding carboxylic acids is 2. The Bertz CT molecular complexity index is 831. The molecule has 2 amide bonds. The molecule has 0 bridgehead atoms. The van der Waals surface area contributed by atoms with Crippen LogP contribution in [0.15, 0.2) is 24.3 Å². The monoisotopic (exact) mass is 460 g/mol. The van der Waals surface area contributed by atoms with Gasteiger partial charge in [0.05, 0.1) is 13.2 Å². The number of para-hydroxylation sites is 1. The summed E-state index contributed by atoms with van der Waals surface area (Å²) in [6.45, 7) is 6.73. The van der Waals surface area contributed by atoms with E-state index < -0.39 is 6.10 Å². The van der Waals surface area contributed by atoms with Crippen molar-refractivity contribution in [3.05, 3.63) is 29.8 Å². The molecule has 184 valence electrons. The minimum atomic E-state index is -0.590. The summed E-state index contributed by atoms with van der Waals surface area (Å²) in [6.07, 6.45) is 3.07. The molecule has 0 spiro atoms. The Morgan fingerprint density at radius 2 is 1.91 bits per heavy atom. The molecule has 1 unspecified atom stereocenters. The molecule has 0 radical (unpaired) electrons. The molecule has 0 saturated heterocycles. The van der Waals surface area contributed by atoms with E-state index in [0.717, 1.165) is 37.0 Å². The maximum atomic E-state index is 13.0. The Kier molecular flexibility index (Phi) is 8.40. The number of aliphatic hydroxyl groups excluding tert-OH is 1. The minimum Gasteiger partial charge on any atom is -0.496 e. The maximum Gasteiger partial charge on any atom is 0.246 e. The Hall–Kier alpha value is -2.12. The summed E-state index contributed by atoms with van der Waals surface area (Å²) >= 11 is 0. The van der Waals surface area contributed by atoms with Crippen LogP contribution >= 0.6 is 0 Å². The topological polar surface area (TPSA) is 96.9 Å². The third-order valence-corrected chi connectivity index (χ3v) is 8.21. The molecule has 7 atom stereocenters. The predicted molar refractivity (Wildman–Crippen MR) is 127 cm³/mol. The third-order valence-electron chi connectivity index (χ3n) is 8.21. The number of amides is 2. The van der Waals surface area contributed by atoms with E-state index in [1.54, 1.807) is 7.11 Å². The first kappa shape index (κ1) is 25.5. The number of aliphatic hydroxyl groups is 1. The highest BCUT2D eigenvalue weighted by atomic mass is 16.5. The van der Waals surface area contributed by atoms with E-state index in [9.17, 15) is 14.7 Å². The second kappa shape index (κ2) is 10.9. The molecular weight excluding hydrogens is 420 g/mol. The number of hydrogen-bond donors (Lipinski definition) is 3. The van der Waals surface area contributed by atoms with E-state index in [4.69, 9.17) is 9.47 Å². The molecular formula is C26H40N2O5. The van der Waals surface area contributed by atoms with Crippen LogP contribution in [-0.4, -0.2) is 49.9 Å². The zero-order valence-electron chi connectivity index (χ0n) is 20.6. The Balaban J connectivity index is 1.67. The lowest BCUT2D eigenvalue weighted by Gasteiger charge is -2.56. The van der Waals surface area contributed by atoms with Crippen LogP contribution in [-0.2, 0) is 20.9 Å². The number of hydrogen-bond acceptors (Lipinski definition) is 5. The quantitative estimate of drug-likeness (QED) is 0.554. The molecule has 0 aliphatic heterocycles. The van der Waals surface area contributed by atoms with E-state index in [0.29, 0.717) is 6.54 Å². The van der Waals surface area contributed by atoms with Crippen molar-refractivity contribution in [1.29, 1.82) is 0 Å². The normalized spacial score (nSPS) is 32.4. The van der Waals surface area contributed by atoms with Gasteiger partial charge < -0.3 is 25.2 Å². The lowest BCUT2D eigenvalue weighted by molar-refractivity contribution is -0.144. The number of fused-ring (bicyclic) bond motifs is 1. The van der Waals surface area contributed by atoms with E-state index in [-0.39, 0.29) is 53.5 Å². The first-order chi connectivity index (χ1) is 15.7. The summed E-state index contributed by atoms with van der Waals surface area (Å²) in [5.74, 6) is 0.294. The summed E-state index contributed by atoms with van der Waals surface area (Å²) in [6, 6.07) is 7.65. The van der Waals surface area contributed by atoms with Gasteiger partial charge in [-0.15, -0.1) is 0 Å². The van der Waals surface area contributed by atoms with Crippen LogP contribution in [0.3, 0.4) is 0 Å². The molecule has 7 heteroatoms. The Morgan fingerprint density at radius 3 is 2.61 bits per heavy atom. The fourth-order valence-corrected chi connectivity index (χ4v) is 6.26. The Labute approximate surface area is 197 Å².